The number of halogens is 2. The fraction of sp³-hybridized carbons (Fsp3) is 0.423. The van der Waals surface area contributed by atoms with Crippen molar-refractivity contribution < 1.29 is 28.2 Å². The molecule has 194 valence electrons. The van der Waals surface area contributed by atoms with Crippen LogP contribution in [0.4, 0.5) is 10.1 Å². The van der Waals surface area contributed by atoms with Gasteiger partial charge in [-0.15, -0.1) is 0 Å². The van der Waals surface area contributed by atoms with Crippen LogP contribution in [0.1, 0.15) is 43.1 Å². The molecule has 3 heterocycles. The first-order valence-electron chi connectivity index (χ1n) is 12.2. The number of ketones is 1. The number of pyridine rings is 1. The zero-order valence-electron chi connectivity index (χ0n) is 20.3. The van der Waals surface area contributed by atoms with Crippen molar-refractivity contribution in [2.45, 2.75) is 32.7 Å². The van der Waals surface area contributed by atoms with Crippen molar-refractivity contribution in [1.29, 1.82) is 0 Å². The van der Waals surface area contributed by atoms with E-state index in [2.05, 4.69) is 4.99 Å². The maximum atomic E-state index is 15.5. The van der Waals surface area contributed by atoms with E-state index in [-0.39, 0.29) is 41.3 Å². The largest absolute Gasteiger partial charge is 0.465 e. The highest BCUT2D eigenvalue weighted by molar-refractivity contribution is 6.38. The molecule has 1 fully saturated rings. The van der Waals surface area contributed by atoms with E-state index < -0.39 is 40.4 Å². The standard InChI is InChI=1S/C26H25ClFN3O6/c1-3-36-25(34)19(26(35)37-4-2)24(33)17-12-31(15-5-6-15)21-16(23(17)32)7-18(28)22(20(21)27)30-10-13-8-29-9-14(13)11-30/h7-8,11-13,15,19H,3-6,9-10H2,1-2H3. The van der Waals surface area contributed by atoms with Crippen molar-refractivity contribution in [2.75, 3.05) is 31.2 Å². The molecular weight excluding hydrogens is 505 g/mol. The number of fused-ring (bicyclic) bond motifs is 2. The van der Waals surface area contributed by atoms with Crippen molar-refractivity contribution in [2.24, 2.45) is 16.8 Å². The number of carbonyl (C=O) groups is 3. The first kappa shape index (κ1) is 25.1. The van der Waals surface area contributed by atoms with Crippen molar-refractivity contribution in [1.82, 2.24) is 4.57 Å². The summed E-state index contributed by atoms with van der Waals surface area (Å²) >= 11 is 6.77. The Morgan fingerprint density at radius 1 is 1.19 bits per heavy atom. The van der Waals surface area contributed by atoms with Crippen LogP contribution in [-0.4, -0.2) is 54.8 Å². The second kappa shape index (κ2) is 9.74. The van der Waals surface area contributed by atoms with E-state index in [1.807, 2.05) is 12.4 Å². The molecule has 1 aliphatic carbocycles. The van der Waals surface area contributed by atoms with Crippen LogP contribution in [0.3, 0.4) is 0 Å². The zero-order chi connectivity index (χ0) is 26.4. The van der Waals surface area contributed by atoms with Gasteiger partial charge in [-0.05, 0) is 38.3 Å². The van der Waals surface area contributed by atoms with Crippen LogP contribution in [0, 0.1) is 17.7 Å². The summed E-state index contributed by atoms with van der Waals surface area (Å²) in [6.45, 7) is 3.93. The Balaban J connectivity index is 1.65. The fourth-order valence-corrected chi connectivity index (χ4v) is 5.25. The zero-order valence-corrected chi connectivity index (χ0v) is 21.1. The number of esters is 2. The Morgan fingerprint density at radius 3 is 2.46 bits per heavy atom. The highest BCUT2D eigenvalue weighted by Crippen LogP contribution is 2.43. The number of aliphatic imine (C=N–C) groups is 1. The summed E-state index contributed by atoms with van der Waals surface area (Å²) in [5.41, 5.74) is 0.248. The monoisotopic (exact) mass is 529 g/mol. The summed E-state index contributed by atoms with van der Waals surface area (Å²) in [5.74, 6) is -5.88. The SMILES string of the molecule is CCOC(=O)C(C(=O)OCC)C(=O)c1cn(C2CC2)c2c(Cl)c(N3C=C4CN=CC4C3)c(F)cc2c1=O. The summed E-state index contributed by atoms with van der Waals surface area (Å²) < 4.78 is 27.0. The summed E-state index contributed by atoms with van der Waals surface area (Å²) in [5, 5.41) is -0.0526. The van der Waals surface area contributed by atoms with Crippen LogP contribution in [0.15, 0.2) is 33.8 Å². The molecule has 3 aliphatic rings. The highest BCUT2D eigenvalue weighted by atomic mass is 35.5. The van der Waals surface area contributed by atoms with Crippen LogP contribution >= 0.6 is 11.6 Å². The molecule has 0 spiro atoms. The third-order valence-corrected chi connectivity index (χ3v) is 7.09. The van der Waals surface area contributed by atoms with E-state index in [1.165, 1.54) is 20.0 Å². The maximum Gasteiger partial charge on any atom is 0.328 e. The summed E-state index contributed by atoms with van der Waals surface area (Å²) in [6, 6.07) is 0.997. The van der Waals surface area contributed by atoms with Crippen molar-refractivity contribution >= 4 is 52.1 Å². The lowest BCUT2D eigenvalue weighted by molar-refractivity contribution is -0.158. The average Bonchev–Trinajstić information content (AvgIpc) is 3.47. The predicted octanol–water partition coefficient (Wildman–Crippen LogP) is 3.46. The number of Topliss-reactive ketones (excluding diaryl/α,β-unsaturated/α-hetero) is 1. The minimum Gasteiger partial charge on any atom is -0.465 e. The Morgan fingerprint density at radius 2 is 1.86 bits per heavy atom. The smallest absolute Gasteiger partial charge is 0.328 e. The molecule has 9 nitrogen and oxygen atoms in total. The number of carbonyl (C=O) groups excluding carboxylic acids is 3. The molecular formula is C26H25ClFN3O6. The van der Waals surface area contributed by atoms with Crippen LogP contribution < -0.4 is 10.3 Å². The van der Waals surface area contributed by atoms with Crippen molar-refractivity contribution in [3.05, 3.63) is 50.7 Å². The van der Waals surface area contributed by atoms with Gasteiger partial charge in [-0.3, -0.25) is 24.2 Å². The number of nitrogens with zero attached hydrogens (tertiary/aromatic N) is 3. The van der Waals surface area contributed by atoms with Gasteiger partial charge in [0.1, 0.15) is 5.82 Å². The highest BCUT2D eigenvalue weighted by Gasteiger charge is 2.40. The molecule has 1 aromatic heterocycles. The van der Waals surface area contributed by atoms with E-state index in [0.717, 1.165) is 24.5 Å². The Hall–Kier alpha value is -3.53. The molecule has 2 aliphatic heterocycles. The molecule has 1 saturated carbocycles. The van der Waals surface area contributed by atoms with Crippen LogP contribution in [0.2, 0.25) is 5.02 Å². The van der Waals surface area contributed by atoms with Gasteiger partial charge >= 0.3 is 11.9 Å². The van der Waals surface area contributed by atoms with E-state index in [4.69, 9.17) is 21.1 Å². The Kier molecular flexibility index (Phi) is 6.61. The van der Waals surface area contributed by atoms with Gasteiger partial charge < -0.3 is 18.9 Å². The molecule has 0 saturated heterocycles. The van der Waals surface area contributed by atoms with Gasteiger partial charge in [0, 0.05) is 37.1 Å². The van der Waals surface area contributed by atoms with Crippen LogP contribution in [0.5, 0.6) is 0 Å². The molecule has 1 unspecified atom stereocenters. The van der Waals surface area contributed by atoms with Crippen molar-refractivity contribution in [3.8, 4) is 0 Å². The Labute approximate surface area is 216 Å². The molecule has 37 heavy (non-hydrogen) atoms. The van der Waals surface area contributed by atoms with E-state index >= 15 is 4.39 Å². The molecule has 0 bridgehead atoms. The van der Waals surface area contributed by atoms with E-state index in [9.17, 15) is 19.2 Å². The third-order valence-electron chi connectivity index (χ3n) is 6.73. The van der Waals surface area contributed by atoms with Gasteiger partial charge in [-0.25, -0.2) is 4.39 Å². The molecule has 1 aromatic carbocycles. The molecule has 0 N–H and O–H groups in total. The third kappa shape index (κ3) is 4.33. The van der Waals surface area contributed by atoms with Crippen molar-refractivity contribution in [3.63, 3.8) is 0 Å². The van der Waals surface area contributed by atoms with E-state index in [1.54, 1.807) is 9.47 Å². The van der Waals surface area contributed by atoms with Gasteiger partial charge in [0.25, 0.3) is 0 Å². The molecule has 5 rings (SSSR count). The lowest BCUT2D eigenvalue weighted by Gasteiger charge is -2.22. The normalized spacial score (nSPS) is 18.4. The van der Waals surface area contributed by atoms with E-state index in [0.29, 0.717) is 18.6 Å². The van der Waals surface area contributed by atoms with Gasteiger partial charge in [-0.2, -0.15) is 0 Å². The summed E-state index contributed by atoms with van der Waals surface area (Å²) in [6.07, 6.45) is 6.50. The quantitative estimate of drug-likeness (QED) is 0.293. The fourth-order valence-electron chi connectivity index (χ4n) is 4.85. The van der Waals surface area contributed by atoms with Crippen LogP contribution in [-0.2, 0) is 19.1 Å². The summed E-state index contributed by atoms with van der Waals surface area (Å²) in [4.78, 5) is 57.9. The predicted molar refractivity (Wildman–Crippen MR) is 135 cm³/mol. The Bertz CT molecular complexity index is 1430. The number of anilines is 1. The minimum absolute atomic E-state index is 0.0547. The van der Waals surface area contributed by atoms with Gasteiger partial charge in [0.15, 0.2) is 11.2 Å². The van der Waals surface area contributed by atoms with Gasteiger partial charge in [-0.1, -0.05) is 11.6 Å². The maximum absolute atomic E-state index is 15.5. The second-order valence-corrected chi connectivity index (χ2v) is 9.56. The topological polar surface area (TPSA) is 107 Å². The first-order chi connectivity index (χ1) is 17.8. The number of ether oxygens (including phenoxy) is 2. The van der Waals surface area contributed by atoms with Gasteiger partial charge in [0.2, 0.25) is 5.92 Å². The lowest BCUT2D eigenvalue weighted by Crippen LogP contribution is -2.37. The number of rotatable bonds is 8. The molecule has 0 amide bonds. The lowest BCUT2D eigenvalue weighted by atomic mass is 9.96. The molecule has 11 heteroatoms. The number of aromatic nitrogens is 1. The van der Waals surface area contributed by atoms with Gasteiger partial charge in [0.05, 0.1) is 46.9 Å². The minimum atomic E-state index is -1.96. The summed E-state index contributed by atoms with van der Waals surface area (Å²) in [7, 11) is 0. The first-order valence-corrected chi connectivity index (χ1v) is 12.6. The van der Waals surface area contributed by atoms with Crippen LogP contribution in [0.25, 0.3) is 10.9 Å². The second-order valence-electron chi connectivity index (χ2n) is 9.18. The molecule has 1 atom stereocenters. The number of hydrogen-bond donors (Lipinski definition) is 0. The molecule has 2 aromatic rings. The average molecular weight is 530 g/mol. The number of benzene rings is 1. The molecule has 0 radical (unpaired) electrons. The number of hydrogen-bond acceptors (Lipinski definition) is 8.